The highest BCUT2D eigenvalue weighted by Crippen LogP contribution is 2.17. The van der Waals surface area contributed by atoms with Crippen LogP contribution in [0.5, 0.6) is 0 Å². The molecular formula is C11H16N6. The van der Waals surface area contributed by atoms with Crippen LogP contribution in [0, 0.1) is 0 Å². The van der Waals surface area contributed by atoms with Crippen molar-refractivity contribution in [1.82, 2.24) is 20.0 Å². The van der Waals surface area contributed by atoms with E-state index in [0.717, 1.165) is 17.7 Å². The van der Waals surface area contributed by atoms with Gasteiger partial charge in [-0.25, -0.2) is 9.97 Å². The van der Waals surface area contributed by atoms with Crippen LogP contribution in [-0.4, -0.2) is 14.5 Å². The van der Waals surface area contributed by atoms with Gasteiger partial charge in [0.2, 0.25) is 0 Å². The van der Waals surface area contributed by atoms with Crippen LogP contribution in [0.2, 0.25) is 0 Å². The van der Waals surface area contributed by atoms with Gasteiger partial charge in [-0.3, -0.25) is 11.3 Å². The molecule has 1 atom stereocenters. The lowest BCUT2D eigenvalue weighted by Gasteiger charge is -2.16. The zero-order valence-corrected chi connectivity index (χ0v) is 9.67. The summed E-state index contributed by atoms with van der Waals surface area (Å²) in [5.41, 5.74) is 10.6. The molecule has 0 radical (unpaired) electrons. The van der Waals surface area contributed by atoms with Crippen LogP contribution in [0.15, 0.2) is 30.9 Å². The first-order valence-corrected chi connectivity index (χ1v) is 5.33. The van der Waals surface area contributed by atoms with E-state index >= 15 is 0 Å². The van der Waals surface area contributed by atoms with Crippen LogP contribution in [0.3, 0.4) is 0 Å². The summed E-state index contributed by atoms with van der Waals surface area (Å²) >= 11 is 0. The summed E-state index contributed by atoms with van der Waals surface area (Å²) in [6, 6.07) is 3.78. The number of nitrogens with two attached hydrogens (primary N) is 2. The zero-order valence-electron chi connectivity index (χ0n) is 9.67. The normalized spacial score (nSPS) is 12.6. The second-order valence-electron chi connectivity index (χ2n) is 3.94. The number of nitrogens with one attached hydrogen (secondary N) is 1. The average molecular weight is 232 g/mol. The lowest BCUT2D eigenvalue weighted by atomic mass is 10.1. The quantitative estimate of drug-likeness (QED) is 0.515. The molecule has 2 heterocycles. The van der Waals surface area contributed by atoms with Gasteiger partial charge in [0.15, 0.2) is 0 Å². The minimum absolute atomic E-state index is 0.00398. The molecule has 0 saturated heterocycles. The Morgan fingerprint density at radius 3 is 2.94 bits per heavy atom. The van der Waals surface area contributed by atoms with E-state index < -0.39 is 0 Å². The van der Waals surface area contributed by atoms with Crippen molar-refractivity contribution in [3.63, 3.8) is 0 Å². The third kappa shape index (κ3) is 2.61. The Morgan fingerprint density at radius 2 is 2.35 bits per heavy atom. The molecule has 0 spiro atoms. The van der Waals surface area contributed by atoms with Gasteiger partial charge in [-0.05, 0) is 24.1 Å². The van der Waals surface area contributed by atoms with E-state index in [4.69, 9.17) is 11.6 Å². The fraction of sp³-hybridized carbons (Fsp3) is 0.273. The van der Waals surface area contributed by atoms with Gasteiger partial charge < -0.3 is 10.3 Å². The molecule has 2 aromatic heterocycles. The van der Waals surface area contributed by atoms with E-state index in [-0.39, 0.29) is 6.04 Å². The van der Waals surface area contributed by atoms with Gasteiger partial charge in [0, 0.05) is 19.4 Å². The Labute approximate surface area is 99.6 Å². The van der Waals surface area contributed by atoms with E-state index in [1.165, 1.54) is 0 Å². The van der Waals surface area contributed by atoms with Crippen molar-refractivity contribution >= 4 is 5.82 Å². The molecule has 2 rings (SSSR count). The van der Waals surface area contributed by atoms with E-state index in [2.05, 4.69) is 15.4 Å². The van der Waals surface area contributed by atoms with Gasteiger partial charge in [0.25, 0.3) is 0 Å². The third-order valence-corrected chi connectivity index (χ3v) is 2.70. The first-order valence-electron chi connectivity index (χ1n) is 5.33. The third-order valence-electron chi connectivity index (χ3n) is 2.70. The Balaban J connectivity index is 2.19. The van der Waals surface area contributed by atoms with Crippen LogP contribution in [0.1, 0.15) is 17.3 Å². The lowest BCUT2D eigenvalue weighted by Crippen LogP contribution is -2.30. The van der Waals surface area contributed by atoms with Gasteiger partial charge >= 0.3 is 0 Å². The van der Waals surface area contributed by atoms with Crippen LogP contribution >= 0.6 is 0 Å². The summed E-state index contributed by atoms with van der Waals surface area (Å²) in [6.45, 7) is 0. The van der Waals surface area contributed by atoms with E-state index in [0.29, 0.717) is 5.82 Å². The molecule has 0 aromatic carbocycles. The largest absolute Gasteiger partial charge is 0.384 e. The number of pyridine rings is 1. The minimum Gasteiger partial charge on any atom is -0.384 e. The highest BCUT2D eigenvalue weighted by atomic mass is 15.2. The SMILES string of the molecule is Cn1cncc1C(Cc1ccnc(N)c1)NN. The molecule has 0 fully saturated rings. The van der Waals surface area contributed by atoms with Crippen molar-refractivity contribution in [3.05, 3.63) is 42.1 Å². The standard InChI is InChI=1S/C11H16N6/c1-17-7-14-6-10(17)9(16-13)4-8-2-3-15-11(12)5-8/h2-3,5-7,9,16H,4,13H2,1H3,(H2,12,15). The average Bonchev–Trinajstić information content (AvgIpc) is 2.72. The number of hydrogen-bond acceptors (Lipinski definition) is 5. The highest BCUT2D eigenvalue weighted by molar-refractivity contribution is 5.32. The molecule has 5 N–H and O–H groups in total. The van der Waals surface area contributed by atoms with Crippen LogP contribution < -0.4 is 17.0 Å². The number of imidazole rings is 1. The van der Waals surface area contributed by atoms with Crippen LogP contribution in [0.25, 0.3) is 0 Å². The molecule has 0 bridgehead atoms. The molecule has 0 aliphatic carbocycles. The summed E-state index contributed by atoms with van der Waals surface area (Å²) in [5, 5.41) is 0. The molecule has 90 valence electrons. The molecule has 6 nitrogen and oxygen atoms in total. The predicted octanol–water partition coefficient (Wildman–Crippen LogP) is 0.144. The smallest absolute Gasteiger partial charge is 0.123 e. The fourth-order valence-electron chi connectivity index (χ4n) is 1.81. The number of aromatic nitrogens is 3. The van der Waals surface area contributed by atoms with Crippen molar-refractivity contribution in [3.8, 4) is 0 Å². The molecule has 1 unspecified atom stereocenters. The molecular weight excluding hydrogens is 216 g/mol. The lowest BCUT2D eigenvalue weighted by molar-refractivity contribution is 0.521. The zero-order chi connectivity index (χ0) is 12.3. The van der Waals surface area contributed by atoms with Crippen LogP contribution in [-0.2, 0) is 13.5 Å². The van der Waals surface area contributed by atoms with Gasteiger partial charge in [-0.15, -0.1) is 0 Å². The molecule has 0 amide bonds. The summed E-state index contributed by atoms with van der Waals surface area (Å²) in [5.74, 6) is 6.10. The number of anilines is 1. The summed E-state index contributed by atoms with van der Waals surface area (Å²) in [6.07, 6.45) is 5.99. The first-order chi connectivity index (χ1) is 8.20. The van der Waals surface area contributed by atoms with Crippen molar-refractivity contribution in [2.75, 3.05) is 5.73 Å². The van der Waals surface area contributed by atoms with Crippen molar-refractivity contribution < 1.29 is 0 Å². The number of nitrogens with zero attached hydrogens (tertiary/aromatic N) is 3. The van der Waals surface area contributed by atoms with E-state index in [1.54, 1.807) is 18.7 Å². The number of hydrazine groups is 1. The molecule has 2 aromatic rings. The van der Waals surface area contributed by atoms with Crippen molar-refractivity contribution in [2.24, 2.45) is 12.9 Å². The van der Waals surface area contributed by atoms with Gasteiger partial charge in [-0.2, -0.15) is 0 Å². The van der Waals surface area contributed by atoms with Gasteiger partial charge in [0.05, 0.1) is 18.1 Å². The minimum atomic E-state index is 0.00398. The van der Waals surface area contributed by atoms with Crippen LogP contribution in [0.4, 0.5) is 5.82 Å². The topological polar surface area (TPSA) is 94.8 Å². The molecule has 6 heteroatoms. The maximum absolute atomic E-state index is 5.64. The first kappa shape index (κ1) is 11.6. The van der Waals surface area contributed by atoms with E-state index in [9.17, 15) is 0 Å². The number of hydrogen-bond donors (Lipinski definition) is 3. The molecule has 17 heavy (non-hydrogen) atoms. The number of aryl methyl sites for hydroxylation is 1. The molecule has 0 aliphatic heterocycles. The number of rotatable bonds is 4. The summed E-state index contributed by atoms with van der Waals surface area (Å²) < 4.78 is 1.94. The maximum atomic E-state index is 5.64. The molecule has 0 aliphatic rings. The second kappa shape index (κ2) is 4.94. The predicted molar refractivity (Wildman–Crippen MR) is 65.6 cm³/mol. The monoisotopic (exact) mass is 232 g/mol. The summed E-state index contributed by atoms with van der Waals surface area (Å²) in [4.78, 5) is 8.04. The fourth-order valence-corrected chi connectivity index (χ4v) is 1.81. The Hall–Kier alpha value is -1.92. The Bertz CT molecular complexity index is 492. The number of nitrogen functional groups attached to an aromatic ring is 1. The van der Waals surface area contributed by atoms with Gasteiger partial charge in [0.1, 0.15) is 5.82 Å². The maximum Gasteiger partial charge on any atom is 0.123 e. The second-order valence-corrected chi connectivity index (χ2v) is 3.94. The highest BCUT2D eigenvalue weighted by Gasteiger charge is 2.13. The summed E-state index contributed by atoms with van der Waals surface area (Å²) in [7, 11) is 1.94. The van der Waals surface area contributed by atoms with Crippen molar-refractivity contribution in [2.45, 2.75) is 12.5 Å². The molecule has 0 saturated carbocycles. The Morgan fingerprint density at radius 1 is 1.53 bits per heavy atom. The van der Waals surface area contributed by atoms with Gasteiger partial charge in [-0.1, -0.05) is 0 Å². The van der Waals surface area contributed by atoms with Crippen molar-refractivity contribution in [1.29, 1.82) is 0 Å². The Kier molecular flexibility index (Phi) is 3.36. The van der Waals surface area contributed by atoms with E-state index in [1.807, 2.05) is 23.7 Å².